The molecule has 1 fully saturated rings. The first kappa shape index (κ1) is 16.0. The molecule has 1 aliphatic rings. The lowest BCUT2D eigenvalue weighted by Crippen LogP contribution is -2.36. The van der Waals surface area contributed by atoms with Gasteiger partial charge in [-0.15, -0.1) is 0 Å². The van der Waals surface area contributed by atoms with Gasteiger partial charge in [0.1, 0.15) is 6.54 Å². The van der Waals surface area contributed by atoms with Crippen molar-refractivity contribution in [3.05, 3.63) is 71.1 Å². The van der Waals surface area contributed by atoms with Crippen LogP contribution in [0, 0.1) is 0 Å². The molecule has 0 aliphatic carbocycles. The monoisotopic (exact) mass is 338 g/mol. The largest absolute Gasteiger partial charge is 0.325 e. The van der Waals surface area contributed by atoms with Gasteiger partial charge in [-0.1, -0.05) is 48.5 Å². The fraction of sp³-hybridized carbons (Fsp3) is 0.0556. The Morgan fingerprint density at radius 3 is 2.29 bits per heavy atom. The van der Waals surface area contributed by atoms with Crippen molar-refractivity contribution in [2.24, 2.45) is 0 Å². The Kier molecular flexibility index (Phi) is 4.77. The minimum atomic E-state index is -0.447. The van der Waals surface area contributed by atoms with Crippen molar-refractivity contribution >= 4 is 40.6 Å². The van der Waals surface area contributed by atoms with Gasteiger partial charge in [-0.2, -0.15) is 0 Å². The number of carbonyl (C=O) groups is 3. The van der Waals surface area contributed by atoms with Crippen molar-refractivity contribution in [2.75, 3.05) is 11.9 Å². The number of nitrogens with one attached hydrogen (secondary N) is 1. The highest BCUT2D eigenvalue weighted by Gasteiger charge is 2.36. The van der Waals surface area contributed by atoms with Crippen molar-refractivity contribution in [1.29, 1.82) is 0 Å². The predicted octanol–water partition coefficient (Wildman–Crippen LogP) is 3.36. The molecule has 0 saturated carbocycles. The van der Waals surface area contributed by atoms with Crippen LogP contribution in [0.1, 0.15) is 5.56 Å². The number of nitrogens with zero attached hydrogens (tertiary/aromatic N) is 1. The molecule has 3 rings (SSSR count). The molecule has 24 heavy (non-hydrogen) atoms. The van der Waals surface area contributed by atoms with Gasteiger partial charge >= 0.3 is 0 Å². The van der Waals surface area contributed by atoms with Gasteiger partial charge in [0.05, 0.1) is 4.91 Å². The summed E-state index contributed by atoms with van der Waals surface area (Å²) < 4.78 is 0. The molecule has 0 spiro atoms. The third kappa shape index (κ3) is 3.72. The standard InChI is InChI=1S/C18H14N2O3S/c21-16(19-14-9-5-2-6-10-14)12-20-17(22)15(24-18(20)23)11-13-7-3-1-4-8-13/h1-11H,12H2,(H,19,21)/b15-11-. The average molecular weight is 338 g/mol. The molecular weight excluding hydrogens is 324 g/mol. The summed E-state index contributed by atoms with van der Waals surface area (Å²) >= 11 is 0.843. The fourth-order valence-electron chi connectivity index (χ4n) is 2.20. The summed E-state index contributed by atoms with van der Waals surface area (Å²) in [5.74, 6) is -0.860. The molecule has 0 atom stereocenters. The lowest BCUT2D eigenvalue weighted by molar-refractivity contribution is -0.127. The summed E-state index contributed by atoms with van der Waals surface area (Å²) in [5, 5.41) is 2.22. The topological polar surface area (TPSA) is 66.5 Å². The number of para-hydroxylation sites is 1. The van der Waals surface area contributed by atoms with Crippen molar-refractivity contribution in [1.82, 2.24) is 4.90 Å². The number of imide groups is 1. The van der Waals surface area contributed by atoms with Crippen molar-refractivity contribution < 1.29 is 14.4 Å². The summed E-state index contributed by atoms with van der Waals surface area (Å²) in [5.41, 5.74) is 1.45. The van der Waals surface area contributed by atoms with Crippen LogP contribution in [0.2, 0.25) is 0 Å². The zero-order valence-corrected chi connectivity index (χ0v) is 13.5. The van der Waals surface area contributed by atoms with Gasteiger partial charge in [-0.05, 0) is 35.5 Å². The molecule has 120 valence electrons. The van der Waals surface area contributed by atoms with Crippen molar-refractivity contribution in [2.45, 2.75) is 0 Å². The summed E-state index contributed by atoms with van der Waals surface area (Å²) in [7, 11) is 0. The molecule has 3 amide bonds. The summed E-state index contributed by atoms with van der Waals surface area (Å²) in [6.45, 7) is -0.300. The molecule has 1 saturated heterocycles. The van der Waals surface area contributed by atoms with Crippen LogP contribution in [-0.2, 0) is 9.59 Å². The minimum Gasteiger partial charge on any atom is -0.325 e. The second-order valence-electron chi connectivity index (χ2n) is 5.09. The van der Waals surface area contributed by atoms with E-state index in [1.807, 2.05) is 36.4 Å². The highest BCUT2D eigenvalue weighted by molar-refractivity contribution is 8.18. The summed E-state index contributed by atoms with van der Waals surface area (Å²) in [4.78, 5) is 37.7. The van der Waals surface area contributed by atoms with E-state index in [0.29, 0.717) is 10.6 Å². The number of benzene rings is 2. The Labute approximate surface area is 143 Å². The zero-order chi connectivity index (χ0) is 16.9. The maximum absolute atomic E-state index is 12.3. The van der Waals surface area contributed by atoms with E-state index >= 15 is 0 Å². The highest BCUT2D eigenvalue weighted by atomic mass is 32.2. The van der Waals surface area contributed by atoms with Crippen LogP contribution in [0.3, 0.4) is 0 Å². The smallest absolute Gasteiger partial charge is 0.294 e. The Morgan fingerprint density at radius 1 is 1.00 bits per heavy atom. The first-order chi connectivity index (χ1) is 11.6. The molecule has 6 heteroatoms. The van der Waals surface area contributed by atoms with Crippen LogP contribution < -0.4 is 5.32 Å². The van der Waals surface area contributed by atoms with E-state index < -0.39 is 17.1 Å². The number of hydrogen-bond donors (Lipinski definition) is 1. The number of carbonyl (C=O) groups excluding carboxylic acids is 3. The number of hydrogen-bond acceptors (Lipinski definition) is 4. The number of amides is 3. The maximum atomic E-state index is 12.3. The third-order valence-corrected chi connectivity index (χ3v) is 4.24. The van der Waals surface area contributed by atoms with E-state index in [1.165, 1.54) is 0 Å². The molecule has 2 aromatic carbocycles. The normalized spacial score (nSPS) is 15.8. The van der Waals surface area contributed by atoms with Gasteiger partial charge in [-0.25, -0.2) is 0 Å². The number of rotatable bonds is 4. The Bertz CT molecular complexity index is 804. The van der Waals surface area contributed by atoms with Crippen LogP contribution in [0.15, 0.2) is 65.6 Å². The van der Waals surface area contributed by atoms with Gasteiger partial charge in [0, 0.05) is 5.69 Å². The molecule has 1 N–H and O–H groups in total. The molecule has 2 aromatic rings. The Morgan fingerprint density at radius 2 is 1.62 bits per heavy atom. The Hall–Kier alpha value is -2.86. The van der Waals surface area contributed by atoms with Gasteiger partial charge < -0.3 is 5.32 Å². The Balaban J connectivity index is 1.68. The molecule has 0 unspecified atom stereocenters. The van der Waals surface area contributed by atoms with E-state index in [9.17, 15) is 14.4 Å². The minimum absolute atomic E-state index is 0.300. The van der Waals surface area contributed by atoms with Crippen LogP contribution in [0.5, 0.6) is 0 Å². The molecule has 0 radical (unpaired) electrons. The predicted molar refractivity (Wildman–Crippen MR) is 94.2 cm³/mol. The zero-order valence-electron chi connectivity index (χ0n) is 12.6. The second kappa shape index (κ2) is 7.14. The van der Waals surface area contributed by atoms with Gasteiger partial charge in [0.15, 0.2) is 0 Å². The fourth-order valence-corrected chi connectivity index (χ4v) is 3.04. The van der Waals surface area contributed by atoms with Gasteiger partial charge in [-0.3, -0.25) is 19.3 Å². The van der Waals surface area contributed by atoms with Crippen molar-refractivity contribution in [3.8, 4) is 0 Å². The third-order valence-electron chi connectivity index (χ3n) is 3.33. The molecule has 1 aliphatic heterocycles. The SMILES string of the molecule is O=C(CN1C(=O)S/C(=C\c2ccccc2)C1=O)Nc1ccccc1. The van der Waals surface area contributed by atoms with E-state index in [2.05, 4.69) is 5.32 Å². The molecule has 0 bridgehead atoms. The molecule has 0 aromatic heterocycles. The first-order valence-corrected chi connectivity index (χ1v) is 8.10. The molecule has 5 nitrogen and oxygen atoms in total. The number of anilines is 1. The van der Waals surface area contributed by atoms with Crippen molar-refractivity contribution in [3.63, 3.8) is 0 Å². The van der Waals surface area contributed by atoms with E-state index in [1.54, 1.807) is 30.3 Å². The highest BCUT2D eigenvalue weighted by Crippen LogP contribution is 2.31. The average Bonchev–Trinajstić information content (AvgIpc) is 2.84. The number of thioether (sulfide) groups is 1. The first-order valence-electron chi connectivity index (χ1n) is 7.29. The van der Waals surface area contributed by atoms with Gasteiger partial charge in [0.2, 0.25) is 5.91 Å². The van der Waals surface area contributed by atoms with Gasteiger partial charge in [0.25, 0.3) is 11.1 Å². The lowest BCUT2D eigenvalue weighted by atomic mass is 10.2. The van der Waals surface area contributed by atoms with E-state index in [4.69, 9.17) is 0 Å². The van der Waals surface area contributed by atoms with E-state index in [-0.39, 0.29) is 6.54 Å². The van der Waals surface area contributed by atoms with Crippen LogP contribution in [-0.4, -0.2) is 28.5 Å². The molecule has 1 heterocycles. The maximum Gasteiger partial charge on any atom is 0.294 e. The van der Waals surface area contributed by atoms with Crippen LogP contribution in [0.25, 0.3) is 6.08 Å². The summed E-state index contributed by atoms with van der Waals surface area (Å²) in [6.07, 6.45) is 1.65. The van der Waals surface area contributed by atoms with Crippen LogP contribution in [0.4, 0.5) is 10.5 Å². The summed E-state index contributed by atoms with van der Waals surface area (Å²) in [6, 6.07) is 18.1. The quantitative estimate of drug-likeness (QED) is 0.868. The van der Waals surface area contributed by atoms with Crippen LogP contribution >= 0.6 is 11.8 Å². The lowest BCUT2D eigenvalue weighted by Gasteiger charge is -2.12. The second-order valence-corrected chi connectivity index (χ2v) is 6.09. The molecular formula is C18H14N2O3S. The van der Waals surface area contributed by atoms with E-state index in [0.717, 1.165) is 22.2 Å².